The second-order valence-corrected chi connectivity index (χ2v) is 6.05. The van der Waals surface area contributed by atoms with Crippen LogP contribution in [0.3, 0.4) is 0 Å². The topological polar surface area (TPSA) is 79.5 Å². The second kappa shape index (κ2) is 6.56. The number of hydrogen-bond donors (Lipinski definition) is 3. The lowest BCUT2D eigenvalue weighted by molar-refractivity contribution is -0.114. The largest absolute Gasteiger partial charge is 0.370 e. The molecule has 0 bridgehead atoms. The average Bonchev–Trinajstić information content (AvgIpc) is 2.24. The molecule has 1 aromatic carbocycles. The van der Waals surface area contributed by atoms with Crippen LogP contribution in [0.4, 0.5) is 5.69 Å². The third kappa shape index (κ3) is 6.81. The Kier molecular flexibility index (Phi) is 5.35. The summed E-state index contributed by atoms with van der Waals surface area (Å²) in [7, 11) is 0. The smallest absolute Gasteiger partial charge is 0.246 e. The molecule has 0 fully saturated rings. The van der Waals surface area contributed by atoms with Crippen LogP contribution in [-0.2, 0) is 4.79 Å². The number of halogens is 1. The number of nitrogens with zero attached hydrogens (tertiary/aromatic N) is 1. The molecule has 0 aliphatic carbocycles. The van der Waals surface area contributed by atoms with Crippen LogP contribution < -0.4 is 16.4 Å². The van der Waals surface area contributed by atoms with E-state index in [-0.39, 0.29) is 24.0 Å². The fourth-order valence-corrected chi connectivity index (χ4v) is 1.75. The summed E-state index contributed by atoms with van der Waals surface area (Å²) in [6.45, 7) is 5.90. The third-order valence-electron chi connectivity index (χ3n) is 2.00. The van der Waals surface area contributed by atoms with Gasteiger partial charge in [0.25, 0.3) is 0 Å². The molecule has 0 saturated heterocycles. The molecule has 19 heavy (non-hydrogen) atoms. The minimum absolute atomic E-state index is 0.0125. The number of guanidine groups is 1. The van der Waals surface area contributed by atoms with E-state index in [0.717, 1.165) is 10.2 Å². The van der Waals surface area contributed by atoms with Gasteiger partial charge in [0.05, 0.1) is 0 Å². The minimum atomic E-state index is -0.211. The number of aliphatic imine (C=N–C) groups is 1. The van der Waals surface area contributed by atoms with Gasteiger partial charge in [-0.15, -0.1) is 0 Å². The molecular weight excluding hydrogens is 308 g/mol. The SMILES string of the molecule is CC(C)(C)NC(N)=NCC(=O)Nc1cccc(Br)c1. The fourth-order valence-electron chi connectivity index (χ4n) is 1.35. The second-order valence-electron chi connectivity index (χ2n) is 5.13. The van der Waals surface area contributed by atoms with Crippen molar-refractivity contribution in [2.45, 2.75) is 26.3 Å². The van der Waals surface area contributed by atoms with Crippen molar-refractivity contribution in [2.24, 2.45) is 10.7 Å². The van der Waals surface area contributed by atoms with Gasteiger partial charge in [-0.1, -0.05) is 22.0 Å². The highest BCUT2D eigenvalue weighted by Gasteiger charge is 2.10. The maximum Gasteiger partial charge on any atom is 0.246 e. The highest BCUT2D eigenvalue weighted by atomic mass is 79.9. The van der Waals surface area contributed by atoms with E-state index in [9.17, 15) is 4.79 Å². The first-order chi connectivity index (χ1) is 8.76. The molecule has 0 spiro atoms. The van der Waals surface area contributed by atoms with E-state index < -0.39 is 0 Å². The molecule has 0 radical (unpaired) electrons. The van der Waals surface area contributed by atoms with Gasteiger partial charge < -0.3 is 16.4 Å². The Morgan fingerprint density at radius 1 is 1.42 bits per heavy atom. The maximum atomic E-state index is 11.7. The summed E-state index contributed by atoms with van der Waals surface area (Å²) in [6.07, 6.45) is 0. The van der Waals surface area contributed by atoms with E-state index in [2.05, 4.69) is 31.6 Å². The maximum absolute atomic E-state index is 11.7. The van der Waals surface area contributed by atoms with Gasteiger partial charge in [-0.2, -0.15) is 0 Å². The molecule has 0 aliphatic heterocycles. The lowest BCUT2D eigenvalue weighted by atomic mass is 10.1. The van der Waals surface area contributed by atoms with Crippen molar-refractivity contribution in [3.8, 4) is 0 Å². The molecule has 1 aromatic rings. The Morgan fingerprint density at radius 2 is 2.11 bits per heavy atom. The number of benzene rings is 1. The molecule has 0 saturated carbocycles. The van der Waals surface area contributed by atoms with Crippen molar-refractivity contribution in [2.75, 3.05) is 11.9 Å². The molecule has 4 N–H and O–H groups in total. The van der Waals surface area contributed by atoms with Gasteiger partial charge in [-0.25, -0.2) is 4.99 Å². The number of hydrogen-bond acceptors (Lipinski definition) is 2. The molecule has 6 heteroatoms. The standard InChI is InChI=1S/C13H19BrN4O/c1-13(2,3)18-12(15)16-8-11(19)17-10-6-4-5-9(14)7-10/h4-7H,8H2,1-3H3,(H,17,19)(H3,15,16,18). The van der Waals surface area contributed by atoms with Crippen LogP contribution in [0, 0.1) is 0 Å². The number of anilines is 1. The molecule has 0 atom stereocenters. The summed E-state index contributed by atoms with van der Waals surface area (Å²) in [6, 6.07) is 7.36. The lowest BCUT2D eigenvalue weighted by Crippen LogP contribution is -2.45. The molecule has 1 rings (SSSR count). The summed E-state index contributed by atoms with van der Waals surface area (Å²) in [5.41, 5.74) is 6.22. The highest BCUT2D eigenvalue weighted by molar-refractivity contribution is 9.10. The van der Waals surface area contributed by atoms with E-state index in [4.69, 9.17) is 5.73 Å². The van der Waals surface area contributed by atoms with Crippen LogP contribution in [-0.4, -0.2) is 24.0 Å². The fraction of sp³-hybridized carbons (Fsp3) is 0.385. The first-order valence-electron chi connectivity index (χ1n) is 5.90. The summed E-state index contributed by atoms with van der Waals surface area (Å²) < 4.78 is 0.905. The van der Waals surface area contributed by atoms with E-state index in [1.807, 2.05) is 45.0 Å². The summed E-state index contributed by atoms with van der Waals surface area (Å²) in [5, 5.41) is 5.73. The van der Waals surface area contributed by atoms with Gasteiger partial charge in [-0.3, -0.25) is 4.79 Å². The molecule has 0 aliphatic rings. The van der Waals surface area contributed by atoms with Gasteiger partial charge in [0.1, 0.15) is 6.54 Å². The molecule has 0 unspecified atom stereocenters. The molecule has 5 nitrogen and oxygen atoms in total. The van der Waals surface area contributed by atoms with Gasteiger partial charge in [-0.05, 0) is 39.0 Å². The van der Waals surface area contributed by atoms with Crippen molar-refractivity contribution in [3.63, 3.8) is 0 Å². The van der Waals surface area contributed by atoms with Crippen molar-refractivity contribution >= 4 is 33.5 Å². The van der Waals surface area contributed by atoms with Gasteiger partial charge in [0, 0.05) is 15.7 Å². The number of nitrogens with one attached hydrogen (secondary N) is 2. The highest BCUT2D eigenvalue weighted by Crippen LogP contribution is 2.15. The Bertz CT molecular complexity index is 480. The van der Waals surface area contributed by atoms with Gasteiger partial charge in [0.15, 0.2) is 5.96 Å². The average molecular weight is 327 g/mol. The Morgan fingerprint density at radius 3 is 2.68 bits per heavy atom. The molecule has 0 aromatic heterocycles. The summed E-state index contributed by atoms with van der Waals surface area (Å²) >= 11 is 3.34. The van der Waals surface area contributed by atoms with Crippen molar-refractivity contribution < 1.29 is 4.79 Å². The van der Waals surface area contributed by atoms with E-state index in [0.29, 0.717) is 0 Å². The number of rotatable bonds is 3. The summed E-state index contributed by atoms with van der Waals surface area (Å²) in [5.74, 6) is 0.0497. The first-order valence-corrected chi connectivity index (χ1v) is 6.69. The Hall–Kier alpha value is -1.56. The zero-order valence-corrected chi connectivity index (χ0v) is 12.9. The predicted octanol–water partition coefficient (Wildman–Crippen LogP) is 2.09. The number of nitrogens with two attached hydrogens (primary N) is 1. The van der Waals surface area contributed by atoms with Crippen LogP contribution in [0.1, 0.15) is 20.8 Å². The Labute approximate surface area is 121 Å². The van der Waals surface area contributed by atoms with Crippen LogP contribution in [0.25, 0.3) is 0 Å². The minimum Gasteiger partial charge on any atom is -0.370 e. The Balaban J connectivity index is 2.50. The molecular formula is C13H19BrN4O. The molecule has 1 amide bonds. The van der Waals surface area contributed by atoms with Crippen molar-refractivity contribution in [3.05, 3.63) is 28.7 Å². The molecule has 104 valence electrons. The number of amides is 1. The number of carbonyl (C=O) groups excluding carboxylic acids is 1. The predicted molar refractivity (Wildman–Crippen MR) is 82.1 cm³/mol. The normalized spacial score (nSPS) is 12.1. The first kappa shape index (κ1) is 15.5. The van der Waals surface area contributed by atoms with Crippen LogP contribution in [0.5, 0.6) is 0 Å². The third-order valence-corrected chi connectivity index (χ3v) is 2.50. The summed E-state index contributed by atoms with van der Waals surface area (Å²) in [4.78, 5) is 15.7. The molecule has 0 heterocycles. The zero-order chi connectivity index (χ0) is 14.5. The van der Waals surface area contributed by atoms with E-state index >= 15 is 0 Å². The van der Waals surface area contributed by atoms with Crippen LogP contribution in [0.2, 0.25) is 0 Å². The van der Waals surface area contributed by atoms with Crippen molar-refractivity contribution in [1.29, 1.82) is 0 Å². The van der Waals surface area contributed by atoms with E-state index in [1.165, 1.54) is 0 Å². The zero-order valence-electron chi connectivity index (χ0n) is 11.3. The quantitative estimate of drug-likeness (QED) is 0.587. The number of carbonyl (C=O) groups is 1. The van der Waals surface area contributed by atoms with Crippen molar-refractivity contribution in [1.82, 2.24) is 5.32 Å². The van der Waals surface area contributed by atoms with E-state index in [1.54, 1.807) is 0 Å². The monoisotopic (exact) mass is 326 g/mol. The van der Waals surface area contributed by atoms with Gasteiger partial charge >= 0.3 is 0 Å². The van der Waals surface area contributed by atoms with Gasteiger partial charge in [0.2, 0.25) is 5.91 Å². The van der Waals surface area contributed by atoms with Crippen LogP contribution in [0.15, 0.2) is 33.7 Å². The van der Waals surface area contributed by atoms with Crippen LogP contribution >= 0.6 is 15.9 Å². The lowest BCUT2D eigenvalue weighted by Gasteiger charge is -2.20.